The van der Waals surface area contributed by atoms with Gasteiger partial charge in [-0.2, -0.15) is 0 Å². The summed E-state index contributed by atoms with van der Waals surface area (Å²) in [5.74, 6) is -0.422. The van der Waals surface area contributed by atoms with Crippen molar-refractivity contribution in [2.45, 2.75) is 76.2 Å². The molecule has 31 heavy (non-hydrogen) atoms. The van der Waals surface area contributed by atoms with Crippen molar-refractivity contribution in [3.05, 3.63) is 31.5 Å². The van der Waals surface area contributed by atoms with Gasteiger partial charge in [0.25, 0.3) is 0 Å². The number of esters is 1. The van der Waals surface area contributed by atoms with Crippen LogP contribution in [0, 0.1) is 5.92 Å². The Morgan fingerprint density at radius 3 is 2.13 bits per heavy atom. The zero-order valence-electron chi connectivity index (χ0n) is 17.4. The van der Waals surface area contributed by atoms with E-state index in [0.717, 1.165) is 33.0 Å². The molecular formula is C20H27N3O8. The summed E-state index contributed by atoms with van der Waals surface area (Å²) in [4.78, 5) is 51.9. The highest BCUT2D eigenvalue weighted by atomic mass is 16.6. The average Bonchev–Trinajstić information content (AvgIpc) is 3.61. The summed E-state index contributed by atoms with van der Waals surface area (Å²) in [6.07, 6.45) is 3.07. The predicted octanol–water partition coefficient (Wildman–Crippen LogP) is -0.969. The third kappa shape index (κ3) is 4.26. The monoisotopic (exact) mass is 437 g/mol. The van der Waals surface area contributed by atoms with E-state index in [1.165, 1.54) is 0 Å². The van der Waals surface area contributed by atoms with Crippen LogP contribution in [-0.2, 0) is 36.8 Å². The molecule has 0 spiro atoms. The van der Waals surface area contributed by atoms with Crippen molar-refractivity contribution in [2.75, 3.05) is 19.8 Å². The van der Waals surface area contributed by atoms with Gasteiger partial charge < -0.3 is 18.9 Å². The van der Waals surface area contributed by atoms with Crippen LogP contribution in [0.3, 0.4) is 0 Å². The molecule has 0 amide bonds. The van der Waals surface area contributed by atoms with Crippen molar-refractivity contribution in [1.82, 2.24) is 13.7 Å². The lowest BCUT2D eigenvalue weighted by molar-refractivity contribution is -0.149. The van der Waals surface area contributed by atoms with Gasteiger partial charge in [-0.15, -0.1) is 0 Å². The lowest BCUT2D eigenvalue weighted by Crippen LogP contribution is -2.57. The zero-order chi connectivity index (χ0) is 21.7. The maximum absolute atomic E-state index is 13.1. The van der Waals surface area contributed by atoms with Crippen molar-refractivity contribution >= 4 is 5.97 Å². The molecule has 4 heterocycles. The molecule has 3 saturated heterocycles. The molecule has 6 unspecified atom stereocenters. The van der Waals surface area contributed by atoms with E-state index in [4.69, 9.17) is 18.9 Å². The maximum Gasteiger partial charge on any atom is 0.337 e. The summed E-state index contributed by atoms with van der Waals surface area (Å²) in [5, 5.41) is 0. The molecule has 0 N–H and O–H groups in total. The van der Waals surface area contributed by atoms with Gasteiger partial charge >= 0.3 is 23.0 Å². The Morgan fingerprint density at radius 1 is 1.00 bits per heavy atom. The molecule has 1 aliphatic carbocycles. The van der Waals surface area contributed by atoms with E-state index >= 15 is 0 Å². The molecular weight excluding hydrogens is 410 g/mol. The minimum absolute atomic E-state index is 0.0413. The van der Waals surface area contributed by atoms with Crippen molar-refractivity contribution in [3.8, 4) is 0 Å². The Labute approximate surface area is 177 Å². The molecule has 1 saturated carbocycles. The number of rotatable bonds is 9. The van der Waals surface area contributed by atoms with E-state index in [0.29, 0.717) is 19.3 Å². The first-order chi connectivity index (χ1) is 15.0. The second kappa shape index (κ2) is 8.03. The number of nitrogens with zero attached hydrogens (tertiary/aromatic N) is 3. The summed E-state index contributed by atoms with van der Waals surface area (Å²) in [6.45, 7) is 2.91. The zero-order valence-corrected chi connectivity index (χ0v) is 17.4. The van der Waals surface area contributed by atoms with Gasteiger partial charge in [-0.1, -0.05) is 6.92 Å². The lowest BCUT2D eigenvalue weighted by atomic mass is 9.90. The van der Waals surface area contributed by atoms with E-state index < -0.39 is 29.1 Å². The Bertz CT molecular complexity index is 982. The summed E-state index contributed by atoms with van der Waals surface area (Å²) < 4.78 is 24.2. The first kappa shape index (κ1) is 20.7. The first-order valence-electron chi connectivity index (χ1n) is 11.0. The molecule has 11 nitrogen and oxygen atoms in total. The van der Waals surface area contributed by atoms with Crippen molar-refractivity contribution in [3.63, 3.8) is 0 Å². The molecule has 3 aliphatic heterocycles. The number of hydrogen-bond donors (Lipinski definition) is 0. The smallest absolute Gasteiger partial charge is 0.337 e. The Morgan fingerprint density at radius 2 is 1.61 bits per heavy atom. The van der Waals surface area contributed by atoms with E-state index in [1.54, 1.807) is 6.92 Å². The molecule has 11 heteroatoms. The van der Waals surface area contributed by atoms with Crippen LogP contribution < -0.4 is 17.1 Å². The van der Waals surface area contributed by atoms with Gasteiger partial charge in [0, 0.05) is 0 Å². The van der Waals surface area contributed by atoms with Crippen LogP contribution in [0.5, 0.6) is 0 Å². The van der Waals surface area contributed by atoms with Crippen molar-refractivity contribution in [2.24, 2.45) is 5.92 Å². The number of epoxide rings is 3. The largest absolute Gasteiger partial charge is 0.464 e. The molecule has 6 atom stereocenters. The minimum Gasteiger partial charge on any atom is -0.464 e. The SMILES string of the molecule is CCC(C(=O)OCC1CCC2OC2C1)n1c(=O)n(CC2CO2)c(=O)n(CC2CO2)c1=O. The number of ether oxygens (including phenoxy) is 4. The second-order valence-corrected chi connectivity index (χ2v) is 8.80. The fourth-order valence-electron chi connectivity index (χ4n) is 4.37. The van der Waals surface area contributed by atoms with Crippen LogP contribution in [0.15, 0.2) is 14.4 Å². The molecule has 4 fully saturated rings. The van der Waals surface area contributed by atoms with Crippen LogP contribution in [-0.4, -0.2) is 63.9 Å². The number of carbonyl (C=O) groups excluding carboxylic acids is 1. The predicted molar refractivity (Wildman–Crippen MR) is 105 cm³/mol. The van der Waals surface area contributed by atoms with Gasteiger partial charge in [0.05, 0.1) is 57.3 Å². The third-order valence-corrected chi connectivity index (χ3v) is 6.46. The minimum atomic E-state index is -1.10. The molecule has 1 aromatic heterocycles. The van der Waals surface area contributed by atoms with E-state index in [-0.39, 0.29) is 50.3 Å². The van der Waals surface area contributed by atoms with Gasteiger partial charge in [-0.3, -0.25) is 0 Å². The highest BCUT2D eigenvalue weighted by Crippen LogP contribution is 2.39. The van der Waals surface area contributed by atoms with E-state index in [2.05, 4.69) is 0 Å². The standard InChI is InChI=1S/C20H27N3O8/c1-2-14(17(24)30-8-11-3-4-15-16(5-11)31-15)23-19(26)21(6-12-9-28-12)18(25)22(20(23)27)7-13-10-29-13/h11-16H,2-10H2,1H3. The van der Waals surface area contributed by atoms with Gasteiger partial charge in [-0.05, 0) is 31.6 Å². The lowest BCUT2D eigenvalue weighted by Gasteiger charge is -2.22. The summed E-state index contributed by atoms with van der Waals surface area (Å²) in [6, 6.07) is -1.10. The van der Waals surface area contributed by atoms with Crippen molar-refractivity contribution < 1.29 is 23.7 Å². The first-order valence-corrected chi connectivity index (χ1v) is 11.0. The third-order valence-electron chi connectivity index (χ3n) is 6.46. The van der Waals surface area contributed by atoms with Gasteiger partial charge in [0.15, 0.2) is 0 Å². The topological polar surface area (TPSA) is 130 Å². The average molecular weight is 437 g/mol. The fourth-order valence-corrected chi connectivity index (χ4v) is 4.37. The van der Waals surface area contributed by atoms with Crippen LogP contribution in [0.1, 0.15) is 38.6 Å². The van der Waals surface area contributed by atoms with Gasteiger partial charge in [0.1, 0.15) is 6.04 Å². The second-order valence-electron chi connectivity index (χ2n) is 8.80. The Kier molecular flexibility index (Phi) is 5.35. The molecule has 5 rings (SSSR count). The normalized spacial score (nSPS) is 31.6. The molecule has 4 aliphatic rings. The van der Waals surface area contributed by atoms with Crippen LogP contribution >= 0.6 is 0 Å². The van der Waals surface area contributed by atoms with Gasteiger partial charge in [-0.25, -0.2) is 32.9 Å². The quantitative estimate of drug-likeness (QED) is 0.356. The maximum atomic E-state index is 13.1. The molecule has 170 valence electrons. The number of hydrogen-bond acceptors (Lipinski definition) is 8. The summed E-state index contributed by atoms with van der Waals surface area (Å²) >= 11 is 0. The molecule has 0 bridgehead atoms. The number of fused-ring (bicyclic) bond motifs is 1. The number of carbonyl (C=O) groups is 1. The summed E-state index contributed by atoms with van der Waals surface area (Å²) in [5.41, 5.74) is -2.33. The van der Waals surface area contributed by atoms with Gasteiger partial charge in [0.2, 0.25) is 0 Å². The Hall–Kier alpha value is -2.24. The molecule has 1 aromatic rings. The molecule has 0 aromatic carbocycles. The highest BCUT2D eigenvalue weighted by molar-refractivity contribution is 5.74. The van der Waals surface area contributed by atoms with Crippen molar-refractivity contribution in [1.29, 1.82) is 0 Å². The van der Waals surface area contributed by atoms with Crippen LogP contribution in [0.4, 0.5) is 0 Å². The van der Waals surface area contributed by atoms with Crippen LogP contribution in [0.2, 0.25) is 0 Å². The fraction of sp³-hybridized carbons (Fsp3) is 0.800. The molecule has 0 radical (unpaired) electrons. The summed E-state index contributed by atoms with van der Waals surface area (Å²) in [7, 11) is 0. The number of aromatic nitrogens is 3. The Balaban J connectivity index is 1.41. The highest BCUT2D eigenvalue weighted by Gasteiger charge is 2.44. The van der Waals surface area contributed by atoms with Crippen LogP contribution in [0.25, 0.3) is 0 Å². The van der Waals surface area contributed by atoms with E-state index in [9.17, 15) is 19.2 Å². The van der Waals surface area contributed by atoms with E-state index in [1.807, 2.05) is 0 Å².